The van der Waals surface area contributed by atoms with E-state index >= 15 is 0 Å². The summed E-state index contributed by atoms with van der Waals surface area (Å²) in [7, 11) is 0. The van der Waals surface area contributed by atoms with Crippen molar-refractivity contribution in [2.45, 2.75) is 19.1 Å². The molecule has 0 unspecified atom stereocenters. The van der Waals surface area contributed by atoms with Crippen molar-refractivity contribution in [3.8, 4) is 0 Å². The lowest BCUT2D eigenvalue weighted by molar-refractivity contribution is 0.122. The van der Waals surface area contributed by atoms with Gasteiger partial charge in [0.2, 0.25) is 5.95 Å². The lowest BCUT2D eigenvalue weighted by Gasteiger charge is -2.26. The maximum Gasteiger partial charge on any atom is 0.225 e. The molecule has 3 aromatic rings. The molecule has 2 aliphatic heterocycles. The number of likely N-dealkylation sites (tertiary alicyclic amines) is 1. The summed E-state index contributed by atoms with van der Waals surface area (Å²) < 4.78 is 5.39. The van der Waals surface area contributed by atoms with Gasteiger partial charge in [-0.15, -0.1) is 0 Å². The number of rotatable bonds is 5. The van der Waals surface area contributed by atoms with Crippen LogP contribution in [0, 0.1) is 5.92 Å². The van der Waals surface area contributed by atoms with Gasteiger partial charge in [0.05, 0.1) is 24.8 Å². The number of morpholine rings is 1. The van der Waals surface area contributed by atoms with Gasteiger partial charge >= 0.3 is 0 Å². The number of β-amino-alcohol motifs (C(OH)–C–C–N with tert-alkyl or cyclic N) is 1. The third kappa shape index (κ3) is 4.28. The minimum absolute atomic E-state index is 0.187. The Morgan fingerprint density at radius 2 is 1.80 bits per heavy atom. The molecule has 2 atom stereocenters. The highest BCUT2D eigenvalue weighted by Crippen LogP contribution is 2.24. The summed E-state index contributed by atoms with van der Waals surface area (Å²) >= 11 is 0. The van der Waals surface area contributed by atoms with E-state index in [4.69, 9.17) is 9.72 Å². The average Bonchev–Trinajstić information content (AvgIpc) is 3.13. The van der Waals surface area contributed by atoms with Crippen LogP contribution in [0.4, 0.5) is 5.95 Å². The van der Waals surface area contributed by atoms with Crippen LogP contribution in [-0.4, -0.2) is 70.5 Å². The van der Waals surface area contributed by atoms with Gasteiger partial charge in [0.15, 0.2) is 0 Å². The van der Waals surface area contributed by atoms with E-state index in [1.54, 1.807) is 0 Å². The summed E-state index contributed by atoms with van der Waals surface area (Å²) in [6.45, 7) is 5.39. The molecular weight excluding hydrogens is 378 g/mol. The fourth-order valence-electron chi connectivity index (χ4n) is 4.38. The van der Waals surface area contributed by atoms with E-state index in [0.717, 1.165) is 73.9 Å². The Kier molecular flexibility index (Phi) is 5.57. The van der Waals surface area contributed by atoms with Crippen molar-refractivity contribution in [3.05, 3.63) is 60.0 Å². The highest BCUT2D eigenvalue weighted by Gasteiger charge is 2.31. The number of benzene rings is 1. The predicted molar refractivity (Wildman–Crippen MR) is 115 cm³/mol. The minimum atomic E-state index is -0.341. The largest absolute Gasteiger partial charge is 0.391 e. The number of ether oxygens (including phenoxy) is 1. The zero-order valence-corrected chi connectivity index (χ0v) is 17.0. The van der Waals surface area contributed by atoms with Crippen molar-refractivity contribution in [3.63, 3.8) is 0 Å². The predicted octanol–water partition coefficient (Wildman–Crippen LogP) is 1.90. The number of nitrogens with zero attached hydrogens (tertiary/aromatic N) is 5. The molecule has 0 amide bonds. The second-order valence-corrected chi connectivity index (χ2v) is 8.21. The first-order valence-electron chi connectivity index (χ1n) is 10.6. The number of para-hydroxylation sites is 1. The molecule has 7 nitrogen and oxygen atoms in total. The first-order valence-corrected chi connectivity index (χ1v) is 10.6. The number of fused-ring (bicyclic) bond motifs is 1. The van der Waals surface area contributed by atoms with Crippen LogP contribution in [0.15, 0.2) is 48.8 Å². The van der Waals surface area contributed by atoms with Gasteiger partial charge in [0.1, 0.15) is 0 Å². The van der Waals surface area contributed by atoms with Gasteiger partial charge < -0.3 is 14.7 Å². The van der Waals surface area contributed by atoms with Crippen LogP contribution in [0.1, 0.15) is 11.3 Å². The van der Waals surface area contributed by atoms with E-state index in [1.165, 1.54) is 0 Å². The van der Waals surface area contributed by atoms with Gasteiger partial charge in [0.25, 0.3) is 0 Å². The first kappa shape index (κ1) is 19.4. The minimum Gasteiger partial charge on any atom is -0.391 e. The maximum atomic E-state index is 10.6. The summed E-state index contributed by atoms with van der Waals surface area (Å²) in [6, 6.07) is 12.3. The number of pyridine rings is 1. The van der Waals surface area contributed by atoms with Crippen molar-refractivity contribution in [1.82, 2.24) is 19.9 Å². The van der Waals surface area contributed by atoms with Gasteiger partial charge in [0, 0.05) is 67.7 Å². The van der Waals surface area contributed by atoms with E-state index in [1.807, 2.05) is 30.6 Å². The fourth-order valence-corrected chi connectivity index (χ4v) is 4.38. The lowest BCUT2D eigenvalue weighted by atomic mass is 9.99. The van der Waals surface area contributed by atoms with Crippen LogP contribution >= 0.6 is 0 Å². The molecule has 7 heteroatoms. The standard InChI is InChI=1S/C23H27N5O2/c29-22-16-27(14-17-12-24-23(25-13-17)28-7-9-30-10-8-28)15-19(22)11-20-6-5-18-3-1-2-4-21(18)26-20/h1-6,12-13,19,22,29H,7-11,14-16H2/t19-,22-/m1/s1. The molecule has 4 heterocycles. The van der Waals surface area contributed by atoms with Gasteiger partial charge in [-0.2, -0.15) is 0 Å². The molecule has 2 fully saturated rings. The second-order valence-electron chi connectivity index (χ2n) is 8.21. The highest BCUT2D eigenvalue weighted by molar-refractivity contribution is 5.78. The Morgan fingerprint density at radius 3 is 2.63 bits per heavy atom. The Bertz CT molecular complexity index is 990. The van der Waals surface area contributed by atoms with Crippen LogP contribution in [-0.2, 0) is 17.7 Å². The molecule has 2 aromatic heterocycles. The third-order valence-electron chi connectivity index (χ3n) is 6.00. The molecule has 2 aliphatic rings. The molecule has 1 aromatic carbocycles. The van der Waals surface area contributed by atoms with Gasteiger partial charge in [-0.1, -0.05) is 24.3 Å². The third-order valence-corrected chi connectivity index (χ3v) is 6.00. The molecule has 1 N–H and O–H groups in total. The van der Waals surface area contributed by atoms with Crippen molar-refractivity contribution in [1.29, 1.82) is 0 Å². The number of anilines is 1. The van der Waals surface area contributed by atoms with E-state index in [-0.39, 0.29) is 12.0 Å². The van der Waals surface area contributed by atoms with E-state index in [0.29, 0.717) is 6.54 Å². The number of aliphatic hydroxyl groups excluding tert-OH is 1. The number of hydrogen-bond donors (Lipinski definition) is 1. The molecule has 30 heavy (non-hydrogen) atoms. The normalized spacial score (nSPS) is 22.6. The fraction of sp³-hybridized carbons (Fsp3) is 0.435. The molecule has 2 saturated heterocycles. The molecule has 156 valence electrons. The Morgan fingerprint density at radius 1 is 1.00 bits per heavy atom. The number of aromatic nitrogens is 3. The van der Waals surface area contributed by atoms with Gasteiger partial charge in [-0.05, 0) is 18.6 Å². The summed E-state index contributed by atoms with van der Waals surface area (Å²) in [5, 5.41) is 11.8. The molecule has 0 spiro atoms. The van der Waals surface area contributed by atoms with Crippen LogP contribution in [0.25, 0.3) is 10.9 Å². The second kappa shape index (κ2) is 8.63. The smallest absolute Gasteiger partial charge is 0.225 e. The monoisotopic (exact) mass is 405 g/mol. The van der Waals surface area contributed by atoms with Crippen LogP contribution in [0.5, 0.6) is 0 Å². The summed E-state index contributed by atoms with van der Waals surface area (Å²) in [6.07, 6.45) is 4.26. The number of hydrogen-bond acceptors (Lipinski definition) is 7. The van der Waals surface area contributed by atoms with Crippen molar-refractivity contribution < 1.29 is 9.84 Å². The topological polar surface area (TPSA) is 74.6 Å². The molecule has 0 radical (unpaired) electrons. The quantitative estimate of drug-likeness (QED) is 0.695. The van der Waals surface area contributed by atoms with Crippen LogP contribution in [0.3, 0.4) is 0 Å². The van der Waals surface area contributed by atoms with Gasteiger partial charge in [-0.3, -0.25) is 9.88 Å². The van der Waals surface area contributed by atoms with Crippen molar-refractivity contribution in [2.75, 3.05) is 44.3 Å². The zero-order chi connectivity index (χ0) is 20.3. The molecule has 0 saturated carbocycles. The van der Waals surface area contributed by atoms with E-state index < -0.39 is 0 Å². The Labute approximate surface area is 176 Å². The van der Waals surface area contributed by atoms with Crippen molar-refractivity contribution in [2.24, 2.45) is 5.92 Å². The summed E-state index contributed by atoms with van der Waals surface area (Å²) in [4.78, 5) is 18.3. The van der Waals surface area contributed by atoms with Crippen molar-refractivity contribution >= 4 is 16.9 Å². The van der Waals surface area contributed by atoms with Gasteiger partial charge in [-0.25, -0.2) is 9.97 Å². The molecular formula is C23H27N5O2. The molecule has 5 rings (SSSR count). The molecule has 0 aliphatic carbocycles. The van der Waals surface area contributed by atoms with E-state index in [9.17, 15) is 5.11 Å². The maximum absolute atomic E-state index is 10.6. The first-order chi connectivity index (χ1) is 14.7. The number of aliphatic hydroxyl groups is 1. The van der Waals surface area contributed by atoms with E-state index in [2.05, 4.69) is 38.0 Å². The van der Waals surface area contributed by atoms with Crippen LogP contribution < -0.4 is 4.90 Å². The average molecular weight is 406 g/mol. The Balaban J connectivity index is 1.20. The molecule has 0 bridgehead atoms. The lowest BCUT2D eigenvalue weighted by Crippen LogP contribution is -2.37. The zero-order valence-electron chi connectivity index (χ0n) is 17.0. The Hall–Kier alpha value is -2.61. The summed E-state index contributed by atoms with van der Waals surface area (Å²) in [5.74, 6) is 0.955. The highest BCUT2D eigenvalue weighted by atomic mass is 16.5. The SMILES string of the molecule is O[C@@H]1CN(Cc2cnc(N3CCOCC3)nc2)C[C@H]1Cc1ccc2ccccc2n1. The van der Waals surface area contributed by atoms with Crippen LogP contribution in [0.2, 0.25) is 0 Å². The summed E-state index contributed by atoms with van der Waals surface area (Å²) in [5.41, 5.74) is 3.12.